The summed E-state index contributed by atoms with van der Waals surface area (Å²) in [6.45, 7) is 8.80. The molecule has 1 aliphatic rings. The zero-order chi connectivity index (χ0) is 10.7. The van der Waals surface area contributed by atoms with Gasteiger partial charge in [-0.3, -0.25) is 4.90 Å². The van der Waals surface area contributed by atoms with Crippen molar-refractivity contribution in [3.05, 3.63) is 16.1 Å². The molecule has 1 fully saturated rings. The Morgan fingerprint density at radius 1 is 1.67 bits per heavy atom. The highest BCUT2D eigenvalue weighted by Gasteiger charge is 2.16. The average molecular weight is 225 g/mol. The van der Waals surface area contributed by atoms with Crippen molar-refractivity contribution in [3.8, 4) is 0 Å². The molecule has 1 aliphatic heterocycles. The molecule has 1 atom stereocenters. The van der Waals surface area contributed by atoms with Crippen molar-refractivity contribution in [2.24, 2.45) is 0 Å². The molecular formula is C11H19N3S. The van der Waals surface area contributed by atoms with Crippen LogP contribution in [0.4, 0.5) is 0 Å². The Labute approximate surface area is 95.5 Å². The number of nitrogens with zero attached hydrogens (tertiary/aromatic N) is 2. The minimum absolute atomic E-state index is 0.614. The molecule has 1 aromatic heterocycles. The molecule has 0 unspecified atom stereocenters. The van der Waals surface area contributed by atoms with Gasteiger partial charge in [0.05, 0.1) is 10.7 Å². The summed E-state index contributed by atoms with van der Waals surface area (Å²) in [5.74, 6) is 0. The molecule has 0 saturated carbocycles. The molecule has 0 amide bonds. The maximum atomic E-state index is 4.60. The molecule has 1 N–H and O–H groups in total. The zero-order valence-corrected chi connectivity index (χ0v) is 10.3. The minimum Gasteiger partial charge on any atom is -0.312 e. The van der Waals surface area contributed by atoms with Crippen LogP contribution in [0.1, 0.15) is 24.5 Å². The van der Waals surface area contributed by atoms with Crippen LogP contribution in [0, 0.1) is 0 Å². The van der Waals surface area contributed by atoms with Gasteiger partial charge in [0.1, 0.15) is 0 Å². The summed E-state index contributed by atoms with van der Waals surface area (Å²) in [7, 11) is 0. The third-order valence-corrected chi connectivity index (χ3v) is 3.78. The van der Waals surface area contributed by atoms with Crippen LogP contribution < -0.4 is 5.32 Å². The molecule has 0 aromatic carbocycles. The van der Waals surface area contributed by atoms with E-state index in [1.165, 1.54) is 10.7 Å². The quantitative estimate of drug-likeness (QED) is 0.845. The van der Waals surface area contributed by atoms with Crippen molar-refractivity contribution < 1.29 is 0 Å². The first-order valence-corrected chi connectivity index (χ1v) is 6.55. The van der Waals surface area contributed by atoms with Gasteiger partial charge >= 0.3 is 0 Å². The Balaban J connectivity index is 1.90. The van der Waals surface area contributed by atoms with Crippen LogP contribution in [0.25, 0.3) is 0 Å². The van der Waals surface area contributed by atoms with Crippen LogP contribution in [0.2, 0.25) is 0 Å². The number of rotatable bonds is 3. The monoisotopic (exact) mass is 225 g/mol. The Morgan fingerprint density at radius 3 is 3.20 bits per heavy atom. The largest absolute Gasteiger partial charge is 0.312 e. The molecule has 4 heteroatoms. The number of hydrogen-bond acceptors (Lipinski definition) is 4. The van der Waals surface area contributed by atoms with Crippen LogP contribution in [0.15, 0.2) is 5.38 Å². The first-order chi connectivity index (χ1) is 7.28. The van der Waals surface area contributed by atoms with Crippen molar-refractivity contribution in [1.29, 1.82) is 0 Å². The number of piperazine rings is 1. The Kier molecular flexibility index (Phi) is 3.72. The van der Waals surface area contributed by atoms with E-state index in [-0.39, 0.29) is 0 Å². The predicted octanol–water partition coefficient (Wildman–Crippen LogP) is 1.50. The van der Waals surface area contributed by atoms with Crippen molar-refractivity contribution in [2.75, 3.05) is 19.6 Å². The van der Waals surface area contributed by atoms with E-state index in [4.69, 9.17) is 0 Å². The summed E-state index contributed by atoms with van der Waals surface area (Å²) in [5, 5.41) is 6.91. The van der Waals surface area contributed by atoms with Gasteiger partial charge < -0.3 is 5.32 Å². The van der Waals surface area contributed by atoms with E-state index in [0.717, 1.165) is 32.6 Å². The minimum atomic E-state index is 0.614. The number of aryl methyl sites for hydroxylation is 1. The van der Waals surface area contributed by atoms with E-state index in [9.17, 15) is 0 Å². The molecule has 3 nitrogen and oxygen atoms in total. The molecule has 15 heavy (non-hydrogen) atoms. The second-order valence-corrected chi connectivity index (χ2v) is 5.12. The van der Waals surface area contributed by atoms with E-state index in [1.807, 2.05) is 0 Å². The lowest BCUT2D eigenvalue weighted by Crippen LogP contribution is -2.48. The van der Waals surface area contributed by atoms with Crippen LogP contribution in [-0.2, 0) is 13.0 Å². The van der Waals surface area contributed by atoms with Gasteiger partial charge in [0.25, 0.3) is 0 Å². The topological polar surface area (TPSA) is 28.2 Å². The summed E-state index contributed by atoms with van der Waals surface area (Å²) in [5.41, 5.74) is 1.24. The lowest BCUT2D eigenvalue weighted by atomic mass is 10.2. The van der Waals surface area contributed by atoms with Crippen LogP contribution in [0.5, 0.6) is 0 Å². The average Bonchev–Trinajstić information content (AvgIpc) is 2.65. The molecule has 0 spiro atoms. The number of hydrogen-bond donors (Lipinski definition) is 1. The van der Waals surface area contributed by atoms with Crippen LogP contribution in [-0.4, -0.2) is 35.6 Å². The fourth-order valence-electron chi connectivity index (χ4n) is 1.97. The lowest BCUT2D eigenvalue weighted by molar-refractivity contribution is 0.198. The number of thiazole rings is 1. The van der Waals surface area contributed by atoms with E-state index in [0.29, 0.717) is 6.04 Å². The second-order valence-electron chi connectivity index (χ2n) is 4.18. The van der Waals surface area contributed by atoms with Crippen LogP contribution >= 0.6 is 11.3 Å². The molecule has 0 radical (unpaired) electrons. The zero-order valence-electron chi connectivity index (χ0n) is 9.49. The smallest absolute Gasteiger partial charge is 0.0926 e. The molecule has 84 valence electrons. The molecule has 2 heterocycles. The lowest BCUT2D eigenvalue weighted by Gasteiger charge is -2.31. The highest BCUT2D eigenvalue weighted by atomic mass is 32.1. The van der Waals surface area contributed by atoms with Gasteiger partial charge in [-0.2, -0.15) is 0 Å². The van der Waals surface area contributed by atoms with Gasteiger partial charge in [0.2, 0.25) is 0 Å². The van der Waals surface area contributed by atoms with Crippen molar-refractivity contribution in [2.45, 2.75) is 32.9 Å². The van der Waals surface area contributed by atoms with Crippen molar-refractivity contribution in [1.82, 2.24) is 15.2 Å². The second kappa shape index (κ2) is 5.05. The molecule has 0 bridgehead atoms. The van der Waals surface area contributed by atoms with Gasteiger partial charge in [-0.1, -0.05) is 6.92 Å². The van der Waals surface area contributed by atoms with Gasteiger partial charge in [0.15, 0.2) is 0 Å². The highest BCUT2D eigenvalue weighted by molar-refractivity contribution is 7.09. The number of nitrogens with one attached hydrogen (secondary N) is 1. The van der Waals surface area contributed by atoms with Gasteiger partial charge in [0, 0.05) is 37.6 Å². The molecular weight excluding hydrogens is 206 g/mol. The molecule has 0 aliphatic carbocycles. The first-order valence-electron chi connectivity index (χ1n) is 5.67. The summed E-state index contributed by atoms with van der Waals surface area (Å²) in [6.07, 6.45) is 1.06. The Morgan fingerprint density at radius 2 is 2.53 bits per heavy atom. The Bertz CT molecular complexity index is 311. The summed E-state index contributed by atoms with van der Waals surface area (Å²) in [4.78, 5) is 7.09. The third-order valence-electron chi connectivity index (χ3n) is 2.74. The Hall–Kier alpha value is -0.450. The summed E-state index contributed by atoms with van der Waals surface area (Å²) >= 11 is 1.79. The standard InChI is InChI=1S/C11H19N3S/c1-3-11-13-10(8-15-11)7-14-5-4-12-9(2)6-14/h8-9,12H,3-7H2,1-2H3/t9-/m1/s1. The molecule has 1 saturated heterocycles. The van der Waals surface area contributed by atoms with E-state index in [2.05, 4.69) is 34.4 Å². The SMILES string of the molecule is CCc1nc(CN2CCN[C@H](C)C2)cs1. The highest BCUT2D eigenvalue weighted by Crippen LogP contribution is 2.13. The molecule has 1 aromatic rings. The maximum Gasteiger partial charge on any atom is 0.0926 e. The molecule has 2 rings (SSSR count). The summed E-state index contributed by atoms with van der Waals surface area (Å²) < 4.78 is 0. The number of aromatic nitrogens is 1. The van der Waals surface area contributed by atoms with Crippen molar-refractivity contribution >= 4 is 11.3 Å². The fraction of sp³-hybridized carbons (Fsp3) is 0.727. The van der Waals surface area contributed by atoms with Gasteiger partial charge in [-0.25, -0.2) is 4.98 Å². The van der Waals surface area contributed by atoms with Crippen LogP contribution in [0.3, 0.4) is 0 Å². The summed E-state index contributed by atoms with van der Waals surface area (Å²) in [6, 6.07) is 0.614. The van der Waals surface area contributed by atoms with Crippen molar-refractivity contribution in [3.63, 3.8) is 0 Å². The van der Waals surface area contributed by atoms with E-state index >= 15 is 0 Å². The van der Waals surface area contributed by atoms with Gasteiger partial charge in [-0.15, -0.1) is 11.3 Å². The van der Waals surface area contributed by atoms with E-state index in [1.54, 1.807) is 11.3 Å². The first kappa shape index (κ1) is 11.0. The van der Waals surface area contributed by atoms with E-state index < -0.39 is 0 Å². The predicted molar refractivity (Wildman–Crippen MR) is 64.2 cm³/mol. The van der Waals surface area contributed by atoms with Gasteiger partial charge in [-0.05, 0) is 13.3 Å². The third kappa shape index (κ3) is 3.00. The maximum absolute atomic E-state index is 4.60. The normalized spacial score (nSPS) is 23.2. The fourth-order valence-corrected chi connectivity index (χ4v) is 2.70.